The first-order valence-electron chi connectivity index (χ1n) is 5.09. The fourth-order valence-corrected chi connectivity index (χ4v) is 1.93. The molecule has 0 aromatic rings. The van der Waals surface area contributed by atoms with E-state index < -0.39 is 5.41 Å². The molecule has 5 nitrogen and oxygen atoms in total. The molecule has 1 heterocycles. The fraction of sp³-hybridized carbons (Fsp3) is 0.778. The number of amides is 1. The molecule has 0 unspecified atom stereocenters. The van der Waals surface area contributed by atoms with Crippen molar-refractivity contribution in [2.75, 3.05) is 26.3 Å². The molecule has 3 N–H and O–H groups in total. The third-order valence-electron chi connectivity index (χ3n) is 2.93. The molecule has 15 heavy (non-hydrogen) atoms. The van der Waals surface area contributed by atoms with E-state index in [1.807, 2.05) is 5.01 Å². The molecule has 1 saturated carbocycles. The first-order chi connectivity index (χ1) is 7.15. The van der Waals surface area contributed by atoms with Crippen molar-refractivity contribution in [3.05, 3.63) is 0 Å². The van der Waals surface area contributed by atoms with E-state index >= 15 is 0 Å². The van der Waals surface area contributed by atoms with E-state index in [1.54, 1.807) is 0 Å². The first-order valence-corrected chi connectivity index (χ1v) is 5.50. The molecule has 0 bridgehead atoms. The second-order valence-electron chi connectivity index (χ2n) is 3.99. The van der Waals surface area contributed by atoms with Gasteiger partial charge in [-0.15, -0.1) is 0 Å². The maximum atomic E-state index is 11.9. The number of rotatable bonds is 3. The smallest absolute Gasteiger partial charge is 0.247 e. The highest BCUT2D eigenvalue weighted by atomic mass is 32.1. The van der Waals surface area contributed by atoms with Crippen LogP contribution in [0.2, 0.25) is 0 Å². The number of hydrazine groups is 1. The highest BCUT2D eigenvalue weighted by Gasteiger charge is 2.53. The molecule has 6 heteroatoms. The molecule has 0 aromatic carbocycles. The van der Waals surface area contributed by atoms with Gasteiger partial charge in [0.2, 0.25) is 5.91 Å². The number of hydrogen-bond donors (Lipinski definition) is 2. The second-order valence-corrected chi connectivity index (χ2v) is 4.43. The molecule has 0 spiro atoms. The van der Waals surface area contributed by atoms with Gasteiger partial charge >= 0.3 is 0 Å². The molecule has 1 aliphatic heterocycles. The average Bonchev–Trinajstić information content (AvgIpc) is 2.99. The van der Waals surface area contributed by atoms with Crippen LogP contribution in [-0.2, 0) is 9.53 Å². The van der Waals surface area contributed by atoms with E-state index in [4.69, 9.17) is 22.7 Å². The zero-order chi connectivity index (χ0) is 10.9. The molecule has 0 radical (unpaired) electrons. The van der Waals surface area contributed by atoms with Gasteiger partial charge < -0.3 is 10.5 Å². The quantitative estimate of drug-likeness (QED) is 0.634. The van der Waals surface area contributed by atoms with Crippen LogP contribution in [0.3, 0.4) is 0 Å². The van der Waals surface area contributed by atoms with Gasteiger partial charge in [0.1, 0.15) is 5.41 Å². The lowest BCUT2D eigenvalue weighted by molar-refractivity contribution is -0.131. The van der Waals surface area contributed by atoms with Crippen LogP contribution >= 0.6 is 12.2 Å². The van der Waals surface area contributed by atoms with E-state index in [1.165, 1.54) is 0 Å². The Morgan fingerprint density at radius 1 is 1.40 bits per heavy atom. The van der Waals surface area contributed by atoms with Gasteiger partial charge in [-0.05, 0) is 12.8 Å². The summed E-state index contributed by atoms with van der Waals surface area (Å²) in [4.78, 5) is 12.2. The van der Waals surface area contributed by atoms with Crippen LogP contribution in [0.1, 0.15) is 12.8 Å². The van der Waals surface area contributed by atoms with E-state index in [-0.39, 0.29) is 5.91 Å². The van der Waals surface area contributed by atoms with Gasteiger partial charge in [-0.1, -0.05) is 12.2 Å². The Morgan fingerprint density at radius 2 is 2.00 bits per heavy atom. The van der Waals surface area contributed by atoms with Crippen LogP contribution in [0.4, 0.5) is 0 Å². The Hall–Kier alpha value is -0.720. The Balaban J connectivity index is 1.89. The van der Waals surface area contributed by atoms with Crippen molar-refractivity contribution in [2.24, 2.45) is 11.1 Å². The van der Waals surface area contributed by atoms with E-state index in [0.717, 1.165) is 25.9 Å². The summed E-state index contributed by atoms with van der Waals surface area (Å²) < 4.78 is 5.19. The van der Waals surface area contributed by atoms with Crippen molar-refractivity contribution >= 4 is 23.1 Å². The van der Waals surface area contributed by atoms with Crippen LogP contribution < -0.4 is 11.2 Å². The van der Waals surface area contributed by atoms with Crippen LogP contribution in [0.5, 0.6) is 0 Å². The van der Waals surface area contributed by atoms with Gasteiger partial charge in [0, 0.05) is 13.1 Å². The van der Waals surface area contributed by atoms with Crippen LogP contribution in [0.15, 0.2) is 0 Å². The topological polar surface area (TPSA) is 67.6 Å². The van der Waals surface area contributed by atoms with E-state index in [9.17, 15) is 4.79 Å². The second kappa shape index (κ2) is 4.03. The fourth-order valence-electron chi connectivity index (χ4n) is 1.64. The Bertz CT molecular complexity index is 285. The molecular formula is C9H15N3O2S. The largest absolute Gasteiger partial charge is 0.392 e. The summed E-state index contributed by atoms with van der Waals surface area (Å²) in [6, 6.07) is 0. The zero-order valence-corrected chi connectivity index (χ0v) is 9.31. The first kappa shape index (κ1) is 10.8. The highest BCUT2D eigenvalue weighted by Crippen LogP contribution is 2.46. The molecule has 0 aromatic heterocycles. The maximum Gasteiger partial charge on any atom is 0.247 e. The van der Waals surface area contributed by atoms with E-state index in [2.05, 4.69) is 5.43 Å². The average molecular weight is 229 g/mol. The van der Waals surface area contributed by atoms with Crippen LogP contribution in [-0.4, -0.2) is 42.2 Å². The minimum absolute atomic E-state index is 0.0584. The molecule has 2 aliphatic rings. The summed E-state index contributed by atoms with van der Waals surface area (Å²) in [5.41, 5.74) is 7.85. The molecule has 84 valence electrons. The number of nitrogens with zero attached hydrogens (tertiary/aromatic N) is 1. The number of morpholine rings is 1. The van der Waals surface area contributed by atoms with Gasteiger partial charge in [0.15, 0.2) is 0 Å². The van der Waals surface area contributed by atoms with Crippen LogP contribution in [0, 0.1) is 5.41 Å². The molecule has 2 rings (SSSR count). The summed E-state index contributed by atoms with van der Waals surface area (Å²) in [6.45, 7) is 2.75. The van der Waals surface area contributed by atoms with Gasteiger partial charge in [-0.2, -0.15) is 0 Å². The van der Waals surface area contributed by atoms with Crippen molar-refractivity contribution in [1.29, 1.82) is 0 Å². The SMILES string of the molecule is NC(=S)C1(C(=O)NN2CCOCC2)CC1. The predicted octanol–water partition coefficient (Wildman–Crippen LogP) is -0.584. The monoisotopic (exact) mass is 229 g/mol. The van der Waals surface area contributed by atoms with Gasteiger partial charge in [-0.3, -0.25) is 10.2 Å². The van der Waals surface area contributed by atoms with Crippen molar-refractivity contribution in [1.82, 2.24) is 10.4 Å². The number of nitrogens with one attached hydrogen (secondary N) is 1. The summed E-state index contributed by atoms with van der Waals surface area (Å²) in [5, 5.41) is 1.87. The maximum absolute atomic E-state index is 11.9. The number of carbonyl (C=O) groups is 1. The summed E-state index contributed by atoms with van der Waals surface area (Å²) in [7, 11) is 0. The lowest BCUT2D eigenvalue weighted by Crippen LogP contribution is -2.52. The summed E-state index contributed by atoms with van der Waals surface area (Å²) >= 11 is 4.91. The minimum Gasteiger partial charge on any atom is -0.392 e. The molecule has 1 aliphatic carbocycles. The minimum atomic E-state index is -0.562. The van der Waals surface area contributed by atoms with Gasteiger partial charge in [0.05, 0.1) is 18.2 Å². The number of nitrogens with two attached hydrogens (primary N) is 1. The third kappa shape index (κ3) is 2.11. The molecule has 1 amide bonds. The van der Waals surface area contributed by atoms with Crippen LogP contribution in [0.25, 0.3) is 0 Å². The normalized spacial score (nSPS) is 24.5. The van der Waals surface area contributed by atoms with Crippen molar-refractivity contribution in [2.45, 2.75) is 12.8 Å². The van der Waals surface area contributed by atoms with Crippen molar-refractivity contribution in [3.63, 3.8) is 0 Å². The molecule has 1 saturated heterocycles. The van der Waals surface area contributed by atoms with Gasteiger partial charge in [-0.25, -0.2) is 5.01 Å². The lowest BCUT2D eigenvalue weighted by Gasteiger charge is -2.28. The molecule has 2 fully saturated rings. The molecular weight excluding hydrogens is 214 g/mol. The van der Waals surface area contributed by atoms with Crippen molar-refractivity contribution in [3.8, 4) is 0 Å². The van der Waals surface area contributed by atoms with Gasteiger partial charge in [0.25, 0.3) is 0 Å². The zero-order valence-electron chi connectivity index (χ0n) is 8.49. The Morgan fingerprint density at radius 3 is 2.47 bits per heavy atom. The summed E-state index contributed by atoms with van der Waals surface area (Å²) in [5.74, 6) is -0.0584. The predicted molar refractivity (Wildman–Crippen MR) is 59.0 cm³/mol. The number of thiocarbonyl (C=S) groups is 1. The van der Waals surface area contributed by atoms with E-state index in [0.29, 0.717) is 18.2 Å². The highest BCUT2D eigenvalue weighted by molar-refractivity contribution is 7.80. The number of carbonyl (C=O) groups excluding carboxylic acids is 1. The standard InChI is InChI=1S/C9H15N3O2S/c10-7(15)9(1-2-9)8(13)11-12-3-5-14-6-4-12/h1-6H2,(H2,10,15)(H,11,13). The molecule has 0 atom stereocenters. The number of ether oxygens (including phenoxy) is 1. The third-order valence-corrected chi connectivity index (χ3v) is 3.32. The Kier molecular flexibility index (Phi) is 2.90. The lowest BCUT2D eigenvalue weighted by atomic mass is 10.1. The Labute approximate surface area is 93.9 Å². The number of hydrogen-bond acceptors (Lipinski definition) is 4. The van der Waals surface area contributed by atoms with Crippen molar-refractivity contribution < 1.29 is 9.53 Å². The summed E-state index contributed by atoms with van der Waals surface area (Å²) in [6.07, 6.45) is 1.55.